The summed E-state index contributed by atoms with van der Waals surface area (Å²) in [5.74, 6) is 0. The van der Waals surface area contributed by atoms with Crippen LogP contribution in [0.5, 0.6) is 0 Å². The van der Waals surface area contributed by atoms with Gasteiger partial charge in [-0.05, 0) is 25.8 Å². The Labute approximate surface area is 92.6 Å². The number of unbranched alkanes of at least 4 members (excludes halogenated alkanes) is 2. The zero-order valence-electron chi connectivity index (χ0n) is 8.52. The molecule has 2 heterocycles. The van der Waals surface area contributed by atoms with E-state index in [1.54, 1.807) is 23.7 Å². The molecule has 0 saturated carbocycles. The lowest BCUT2D eigenvalue weighted by Crippen LogP contribution is -1.98. The van der Waals surface area contributed by atoms with Crippen molar-refractivity contribution < 1.29 is 0 Å². The number of nitrogens with two attached hydrogens (primary N) is 1. The molecule has 0 aromatic carbocycles. The number of nitrogens with zero attached hydrogens (tertiary/aromatic N) is 3. The highest BCUT2D eigenvalue weighted by Gasteiger charge is 2.04. The van der Waals surface area contributed by atoms with Crippen molar-refractivity contribution in [3.63, 3.8) is 0 Å². The van der Waals surface area contributed by atoms with Gasteiger partial charge in [0.1, 0.15) is 0 Å². The third-order valence-electron chi connectivity index (χ3n) is 2.19. The summed E-state index contributed by atoms with van der Waals surface area (Å²) in [4.78, 5) is 13.7. The van der Waals surface area contributed by atoms with Gasteiger partial charge in [-0.1, -0.05) is 17.8 Å². The fraction of sp³-hybridized carbons (Fsp3) is 0.500. The summed E-state index contributed by atoms with van der Waals surface area (Å²) in [6, 6.07) is 0. The van der Waals surface area contributed by atoms with E-state index in [4.69, 9.17) is 5.73 Å². The summed E-state index contributed by atoms with van der Waals surface area (Å²) < 4.78 is 0. The maximum atomic E-state index is 5.44. The monoisotopic (exact) mass is 222 g/mol. The molecule has 0 bridgehead atoms. The predicted octanol–water partition coefficient (Wildman–Crippen LogP) is 1.76. The van der Waals surface area contributed by atoms with Gasteiger partial charge in [0.15, 0.2) is 10.5 Å². The maximum Gasteiger partial charge on any atom is 0.189 e. The minimum Gasteiger partial charge on any atom is -0.330 e. The van der Waals surface area contributed by atoms with Crippen LogP contribution in [0.25, 0.3) is 10.5 Å². The number of aromatic nitrogens is 3. The van der Waals surface area contributed by atoms with E-state index < -0.39 is 0 Å². The van der Waals surface area contributed by atoms with Gasteiger partial charge in [-0.3, -0.25) is 0 Å². The molecule has 2 aromatic rings. The molecule has 5 heteroatoms. The van der Waals surface area contributed by atoms with Gasteiger partial charge in [0, 0.05) is 12.4 Å². The standard InChI is InChI=1S/C10H14N4S/c11-5-3-1-2-4-8-14-9-10(15-8)13-7-6-12-9/h6-7H,1-5,11H2. The average molecular weight is 222 g/mol. The molecule has 0 radical (unpaired) electrons. The van der Waals surface area contributed by atoms with Crippen molar-refractivity contribution in [2.45, 2.75) is 25.7 Å². The summed E-state index contributed by atoms with van der Waals surface area (Å²) in [5, 5.41) is 1.13. The molecule has 0 aliphatic heterocycles. The van der Waals surface area contributed by atoms with Crippen molar-refractivity contribution in [3.8, 4) is 0 Å². The first-order valence-electron chi connectivity index (χ1n) is 5.16. The Morgan fingerprint density at radius 1 is 1.13 bits per heavy atom. The highest BCUT2D eigenvalue weighted by molar-refractivity contribution is 7.18. The van der Waals surface area contributed by atoms with Crippen LogP contribution in [0.4, 0.5) is 0 Å². The molecule has 0 fully saturated rings. The Morgan fingerprint density at radius 2 is 2.00 bits per heavy atom. The van der Waals surface area contributed by atoms with Crippen LogP contribution in [-0.2, 0) is 6.42 Å². The largest absolute Gasteiger partial charge is 0.330 e. The summed E-state index contributed by atoms with van der Waals surface area (Å²) in [6.45, 7) is 0.781. The number of hydrogen-bond acceptors (Lipinski definition) is 5. The van der Waals surface area contributed by atoms with Crippen molar-refractivity contribution in [2.75, 3.05) is 6.54 Å². The summed E-state index contributed by atoms with van der Waals surface area (Å²) in [7, 11) is 0. The molecule has 80 valence electrons. The van der Waals surface area contributed by atoms with Gasteiger partial charge in [0.2, 0.25) is 0 Å². The van der Waals surface area contributed by atoms with Crippen LogP contribution in [0, 0.1) is 0 Å². The molecule has 0 spiro atoms. The molecule has 4 nitrogen and oxygen atoms in total. The average Bonchev–Trinajstić information content (AvgIpc) is 2.67. The van der Waals surface area contributed by atoms with E-state index in [2.05, 4.69) is 15.0 Å². The Bertz CT molecular complexity index is 393. The van der Waals surface area contributed by atoms with Crippen LogP contribution in [0.2, 0.25) is 0 Å². The lowest BCUT2D eigenvalue weighted by molar-refractivity contribution is 0.685. The zero-order chi connectivity index (χ0) is 10.5. The van der Waals surface area contributed by atoms with Gasteiger partial charge in [-0.15, -0.1) is 0 Å². The third kappa shape index (κ3) is 2.70. The first-order chi connectivity index (χ1) is 7.40. The quantitative estimate of drug-likeness (QED) is 0.783. The molecule has 15 heavy (non-hydrogen) atoms. The van der Waals surface area contributed by atoms with Crippen LogP contribution in [0.3, 0.4) is 0 Å². The molecular weight excluding hydrogens is 208 g/mol. The van der Waals surface area contributed by atoms with E-state index in [-0.39, 0.29) is 0 Å². The number of aryl methyl sites for hydroxylation is 1. The molecule has 0 saturated heterocycles. The number of fused-ring (bicyclic) bond motifs is 1. The molecular formula is C10H14N4S. The molecule has 2 aromatic heterocycles. The van der Waals surface area contributed by atoms with Gasteiger partial charge >= 0.3 is 0 Å². The van der Waals surface area contributed by atoms with E-state index >= 15 is 0 Å². The number of rotatable bonds is 5. The molecule has 0 aliphatic rings. The summed E-state index contributed by atoms with van der Waals surface area (Å²) >= 11 is 1.64. The molecule has 0 aliphatic carbocycles. The molecule has 0 amide bonds. The first kappa shape index (κ1) is 10.4. The topological polar surface area (TPSA) is 64.7 Å². The highest BCUT2D eigenvalue weighted by atomic mass is 32.1. The van der Waals surface area contributed by atoms with Gasteiger partial charge in [-0.2, -0.15) is 0 Å². The van der Waals surface area contributed by atoms with Gasteiger partial charge < -0.3 is 5.73 Å². The third-order valence-corrected chi connectivity index (χ3v) is 3.20. The molecule has 2 N–H and O–H groups in total. The first-order valence-corrected chi connectivity index (χ1v) is 5.98. The van der Waals surface area contributed by atoms with Crippen molar-refractivity contribution in [2.24, 2.45) is 5.73 Å². The fourth-order valence-corrected chi connectivity index (χ4v) is 2.33. The Morgan fingerprint density at radius 3 is 2.80 bits per heavy atom. The lowest BCUT2D eigenvalue weighted by Gasteiger charge is -1.94. The van der Waals surface area contributed by atoms with E-state index in [1.165, 1.54) is 6.42 Å². The Kier molecular flexibility index (Phi) is 3.58. The highest BCUT2D eigenvalue weighted by Crippen LogP contribution is 2.19. The summed E-state index contributed by atoms with van der Waals surface area (Å²) in [6.07, 6.45) is 7.83. The molecule has 0 atom stereocenters. The normalized spacial score (nSPS) is 11.0. The van der Waals surface area contributed by atoms with Crippen LogP contribution in [0.15, 0.2) is 12.4 Å². The van der Waals surface area contributed by atoms with Crippen LogP contribution in [0.1, 0.15) is 24.3 Å². The van der Waals surface area contributed by atoms with E-state index in [0.717, 1.165) is 41.3 Å². The van der Waals surface area contributed by atoms with E-state index in [9.17, 15) is 0 Å². The van der Waals surface area contributed by atoms with E-state index in [1.807, 2.05) is 0 Å². The second-order valence-electron chi connectivity index (χ2n) is 3.39. The van der Waals surface area contributed by atoms with Crippen molar-refractivity contribution >= 4 is 21.8 Å². The van der Waals surface area contributed by atoms with Crippen LogP contribution < -0.4 is 5.73 Å². The smallest absolute Gasteiger partial charge is 0.189 e. The second-order valence-corrected chi connectivity index (χ2v) is 4.45. The van der Waals surface area contributed by atoms with Gasteiger partial charge in [0.05, 0.1) is 5.01 Å². The SMILES string of the molecule is NCCCCCc1nc2nccnc2s1. The number of hydrogen-bond donors (Lipinski definition) is 1. The van der Waals surface area contributed by atoms with Crippen molar-refractivity contribution in [1.29, 1.82) is 0 Å². The van der Waals surface area contributed by atoms with Crippen molar-refractivity contribution in [1.82, 2.24) is 15.0 Å². The van der Waals surface area contributed by atoms with Crippen molar-refractivity contribution in [3.05, 3.63) is 17.4 Å². The maximum absolute atomic E-state index is 5.44. The minimum atomic E-state index is 0.774. The lowest BCUT2D eigenvalue weighted by atomic mass is 10.2. The Balaban J connectivity index is 1.97. The molecule has 2 rings (SSSR count). The summed E-state index contributed by atoms with van der Waals surface area (Å²) in [5.41, 5.74) is 6.21. The van der Waals surface area contributed by atoms with Gasteiger partial charge in [0.25, 0.3) is 0 Å². The van der Waals surface area contributed by atoms with E-state index in [0.29, 0.717) is 0 Å². The Hall–Kier alpha value is -1.07. The zero-order valence-corrected chi connectivity index (χ0v) is 9.33. The van der Waals surface area contributed by atoms with Crippen LogP contribution >= 0.6 is 11.3 Å². The molecule has 0 unspecified atom stereocenters. The van der Waals surface area contributed by atoms with Gasteiger partial charge in [-0.25, -0.2) is 15.0 Å². The van der Waals surface area contributed by atoms with Crippen LogP contribution in [-0.4, -0.2) is 21.5 Å². The fourth-order valence-electron chi connectivity index (χ4n) is 1.42. The predicted molar refractivity (Wildman–Crippen MR) is 61.8 cm³/mol. The number of thiazole rings is 1. The minimum absolute atomic E-state index is 0.774. The second kappa shape index (κ2) is 5.14.